The van der Waals surface area contributed by atoms with Crippen LogP contribution >= 0.6 is 35.3 Å². The van der Waals surface area contributed by atoms with Crippen LogP contribution in [0.4, 0.5) is 0 Å². The molecule has 1 aromatic carbocycles. The van der Waals surface area contributed by atoms with Gasteiger partial charge in [0.25, 0.3) is 0 Å². The minimum Gasteiger partial charge on any atom is -0.295 e. The van der Waals surface area contributed by atoms with Gasteiger partial charge in [-0.05, 0) is 48.7 Å². The van der Waals surface area contributed by atoms with Crippen molar-refractivity contribution in [3.8, 4) is 0 Å². The van der Waals surface area contributed by atoms with Crippen LogP contribution in [0.2, 0.25) is 0 Å². The first-order valence-electron chi connectivity index (χ1n) is 6.38. The minimum atomic E-state index is 0. The van der Waals surface area contributed by atoms with E-state index in [0.717, 1.165) is 13.1 Å². The molecule has 0 radical (unpaired) electrons. The second kappa shape index (κ2) is 7.49. The Morgan fingerprint density at radius 1 is 1.32 bits per heavy atom. The summed E-state index contributed by atoms with van der Waals surface area (Å²) in [6, 6.07) is 7.24. The van der Waals surface area contributed by atoms with E-state index in [0.29, 0.717) is 11.9 Å². The van der Waals surface area contributed by atoms with Crippen LogP contribution in [0.3, 0.4) is 0 Å². The van der Waals surface area contributed by atoms with Crippen molar-refractivity contribution >= 4 is 45.4 Å². The molecule has 19 heavy (non-hydrogen) atoms. The summed E-state index contributed by atoms with van der Waals surface area (Å²) in [4.78, 5) is 2.42. The second-order valence-corrected chi connectivity index (χ2v) is 6.30. The van der Waals surface area contributed by atoms with E-state index in [4.69, 9.17) is 11.6 Å². The number of hydrogen-bond donors (Lipinski definition) is 0. The van der Waals surface area contributed by atoms with Crippen molar-refractivity contribution in [1.29, 1.82) is 0 Å². The summed E-state index contributed by atoms with van der Waals surface area (Å²) in [5.41, 5.74) is 2.76. The lowest BCUT2D eigenvalue weighted by Crippen LogP contribution is -2.31. The molecule has 0 atom stereocenters. The number of nitrogens with zero attached hydrogens (tertiary/aromatic N) is 1. The van der Waals surface area contributed by atoms with E-state index in [1.807, 2.05) is 11.3 Å². The molecule has 0 N–H and O–H groups in total. The Morgan fingerprint density at radius 3 is 2.68 bits per heavy atom. The summed E-state index contributed by atoms with van der Waals surface area (Å²) in [7, 11) is 0. The van der Waals surface area contributed by atoms with Gasteiger partial charge in [0.05, 0.1) is 0 Å². The van der Waals surface area contributed by atoms with Crippen LogP contribution < -0.4 is 0 Å². The van der Waals surface area contributed by atoms with Crippen LogP contribution in [0, 0.1) is 6.92 Å². The smallest absolute Gasteiger partial charge is 0.0351 e. The zero-order valence-electron chi connectivity index (χ0n) is 11.6. The van der Waals surface area contributed by atoms with Gasteiger partial charge in [-0.2, -0.15) is 0 Å². The van der Waals surface area contributed by atoms with E-state index in [1.54, 1.807) is 0 Å². The monoisotopic (exact) mass is 317 g/mol. The molecule has 0 bridgehead atoms. The number of thiophene rings is 1. The largest absolute Gasteiger partial charge is 0.295 e. The van der Waals surface area contributed by atoms with Gasteiger partial charge < -0.3 is 0 Å². The fourth-order valence-electron chi connectivity index (χ4n) is 2.16. The molecule has 4 heteroatoms. The summed E-state index contributed by atoms with van der Waals surface area (Å²) >= 11 is 7.72. The van der Waals surface area contributed by atoms with Crippen molar-refractivity contribution < 1.29 is 0 Å². The van der Waals surface area contributed by atoms with Crippen LogP contribution in [-0.4, -0.2) is 23.4 Å². The highest BCUT2D eigenvalue weighted by molar-refractivity contribution is 7.17. The summed E-state index contributed by atoms with van der Waals surface area (Å²) in [6.45, 7) is 8.54. The van der Waals surface area contributed by atoms with Gasteiger partial charge >= 0.3 is 0 Å². The molecular weight excluding hydrogens is 297 g/mol. The molecule has 0 fully saturated rings. The Hall–Kier alpha value is -0.280. The molecule has 0 aliphatic rings. The van der Waals surface area contributed by atoms with Gasteiger partial charge in [0, 0.05) is 29.7 Å². The first-order chi connectivity index (χ1) is 8.61. The van der Waals surface area contributed by atoms with Gasteiger partial charge in [-0.25, -0.2) is 0 Å². The Labute approximate surface area is 131 Å². The SMILES string of the molecule is Cc1ccc2c(CN(CCCl)C(C)C)csc2c1.Cl. The van der Waals surface area contributed by atoms with E-state index >= 15 is 0 Å². The van der Waals surface area contributed by atoms with Gasteiger partial charge in [0.15, 0.2) is 0 Å². The van der Waals surface area contributed by atoms with Crippen LogP contribution in [0.1, 0.15) is 25.0 Å². The van der Waals surface area contributed by atoms with E-state index in [2.05, 4.69) is 49.3 Å². The maximum absolute atomic E-state index is 5.88. The molecule has 2 rings (SSSR count). The number of benzene rings is 1. The summed E-state index contributed by atoms with van der Waals surface area (Å²) in [5.74, 6) is 0.694. The molecule has 0 saturated heterocycles. The first kappa shape index (κ1) is 16.8. The van der Waals surface area contributed by atoms with Gasteiger partial charge in [0.1, 0.15) is 0 Å². The van der Waals surface area contributed by atoms with Crippen LogP contribution in [0.5, 0.6) is 0 Å². The molecule has 0 saturated carbocycles. The fourth-order valence-corrected chi connectivity index (χ4v) is 3.43. The highest BCUT2D eigenvalue weighted by Crippen LogP contribution is 2.28. The number of fused-ring (bicyclic) bond motifs is 1. The third-order valence-corrected chi connectivity index (χ3v) is 4.45. The predicted octanol–water partition coefficient (Wildman–Crippen LogP) is 5.08. The maximum atomic E-state index is 5.88. The zero-order chi connectivity index (χ0) is 13.1. The van der Waals surface area contributed by atoms with Gasteiger partial charge in [0.2, 0.25) is 0 Å². The van der Waals surface area contributed by atoms with E-state index in [1.165, 1.54) is 21.2 Å². The third kappa shape index (κ3) is 4.09. The van der Waals surface area contributed by atoms with Gasteiger partial charge in [-0.3, -0.25) is 4.90 Å². The molecular formula is C15H21Cl2NS. The Kier molecular flexibility index (Phi) is 6.61. The molecule has 0 aliphatic carbocycles. The van der Waals surface area contributed by atoms with Crippen molar-refractivity contribution in [2.45, 2.75) is 33.4 Å². The van der Waals surface area contributed by atoms with Crippen LogP contribution in [-0.2, 0) is 6.54 Å². The lowest BCUT2D eigenvalue weighted by atomic mass is 10.1. The van der Waals surface area contributed by atoms with E-state index < -0.39 is 0 Å². The van der Waals surface area contributed by atoms with Crippen molar-refractivity contribution in [3.63, 3.8) is 0 Å². The first-order valence-corrected chi connectivity index (χ1v) is 7.80. The zero-order valence-corrected chi connectivity index (χ0v) is 14.0. The van der Waals surface area contributed by atoms with Crippen molar-refractivity contribution in [2.75, 3.05) is 12.4 Å². The van der Waals surface area contributed by atoms with E-state index in [-0.39, 0.29) is 12.4 Å². The van der Waals surface area contributed by atoms with Crippen LogP contribution in [0.15, 0.2) is 23.6 Å². The van der Waals surface area contributed by atoms with Gasteiger partial charge in [-0.15, -0.1) is 35.3 Å². The molecule has 1 aromatic heterocycles. The number of hydrogen-bond acceptors (Lipinski definition) is 2. The predicted molar refractivity (Wildman–Crippen MR) is 90.1 cm³/mol. The van der Waals surface area contributed by atoms with Crippen LogP contribution in [0.25, 0.3) is 10.1 Å². The molecule has 0 aliphatic heterocycles. The summed E-state index contributed by atoms with van der Waals surface area (Å²) in [6.07, 6.45) is 0. The Balaban J connectivity index is 0.00000180. The molecule has 0 amide bonds. The van der Waals surface area contributed by atoms with E-state index in [9.17, 15) is 0 Å². The van der Waals surface area contributed by atoms with Crippen molar-refractivity contribution in [2.24, 2.45) is 0 Å². The third-order valence-electron chi connectivity index (χ3n) is 3.29. The quantitative estimate of drug-likeness (QED) is 0.695. The molecule has 0 unspecified atom stereocenters. The molecule has 106 valence electrons. The number of alkyl halides is 1. The lowest BCUT2D eigenvalue weighted by Gasteiger charge is -2.25. The molecule has 2 aromatic rings. The number of aryl methyl sites for hydroxylation is 1. The molecule has 1 nitrogen and oxygen atoms in total. The molecule has 0 spiro atoms. The maximum Gasteiger partial charge on any atom is 0.0351 e. The highest BCUT2D eigenvalue weighted by Gasteiger charge is 2.12. The minimum absolute atomic E-state index is 0. The van der Waals surface area contributed by atoms with Crippen molar-refractivity contribution in [3.05, 3.63) is 34.7 Å². The average Bonchev–Trinajstić information content (AvgIpc) is 2.71. The normalized spacial score (nSPS) is 11.3. The topological polar surface area (TPSA) is 3.24 Å². The molecule has 1 heterocycles. The van der Waals surface area contributed by atoms with Gasteiger partial charge in [-0.1, -0.05) is 12.1 Å². The van der Waals surface area contributed by atoms with Crippen molar-refractivity contribution in [1.82, 2.24) is 4.90 Å². The Morgan fingerprint density at radius 2 is 2.05 bits per heavy atom. The number of halogens is 2. The highest BCUT2D eigenvalue weighted by atomic mass is 35.5. The number of rotatable bonds is 5. The second-order valence-electron chi connectivity index (χ2n) is 5.01. The summed E-state index contributed by atoms with van der Waals surface area (Å²) in [5, 5.41) is 3.68. The Bertz CT molecular complexity index is 522. The lowest BCUT2D eigenvalue weighted by molar-refractivity contribution is 0.227. The standard InChI is InChI=1S/C15H20ClNS.ClH/c1-11(2)17(7-6-16)9-13-10-18-15-8-12(3)4-5-14(13)15;/h4-5,8,10-11H,6-7,9H2,1-3H3;1H. The fraction of sp³-hybridized carbons (Fsp3) is 0.467. The average molecular weight is 318 g/mol. The summed E-state index contributed by atoms with van der Waals surface area (Å²) < 4.78 is 1.39.